The fraction of sp³-hybridized carbons (Fsp3) is 0.273. The maximum absolute atomic E-state index is 12.2. The van der Waals surface area contributed by atoms with Crippen LogP contribution in [0.25, 0.3) is 10.9 Å². The molecule has 0 radical (unpaired) electrons. The lowest BCUT2D eigenvalue weighted by molar-refractivity contribution is -0.113. The summed E-state index contributed by atoms with van der Waals surface area (Å²) in [7, 11) is 0. The quantitative estimate of drug-likeness (QED) is 0.612. The highest BCUT2D eigenvalue weighted by atomic mass is 32.2. The van der Waals surface area contributed by atoms with E-state index in [0.717, 1.165) is 22.7 Å². The van der Waals surface area contributed by atoms with Gasteiger partial charge >= 0.3 is 0 Å². The molecule has 4 heteroatoms. The number of nitrogens with one attached hydrogen (secondary N) is 1. The molecule has 26 heavy (non-hydrogen) atoms. The van der Waals surface area contributed by atoms with Crippen LogP contribution in [0, 0.1) is 20.8 Å². The summed E-state index contributed by atoms with van der Waals surface area (Å²) in [5.74, 6) is 0.331. The number of amides is 1. The number of benzene rings is 2. The summed E-state index contributed by atoms with van der Waals surface area (Å²) < 4.78 is 0. The zero-order chi connectivity index (χ0) is 18.7. The number of fused-ring (bicyclic) bond motifs is 1. The Hall–Kier alpha value is -2.33. The van der Waals surface area contributed by atoms with Crippen molar-refractivity contribution in [2.75, 3.05) is 11.1 Å². The van der Waals surface area contributed by atoms with E-state index in [-0.39, 0.29) is 5.91 Å². The highest BCUT2D eigenvalue weighted by Crippen LogP contribution is 2.27. The number of thioether (sulfide) groups is 1. The summed E-state index contributed by atoms with van der Waals surface area (Å²) in [6.07, 6.45) is 0.996. The van der Waals surface area contributed by atoms with Gasteiger partial charge in [0.25, 0.3) is 0 Å². The van der Waals surface area contributed by atoms with Crippen molar-refractivity contribution >= 4 is 34.3 Å². The van der Waals surface area contributed by atoms with E-state index in [2.05, 4.69) is 51.2 Å². The highest BCUT2D eigenvalue weighted by molar-refractivity contribution is 7.99. The van der Waals surface area contributed by atoms with E-state index >= 15 is 0 Å². The Bertz CT molecular complexity index is 949. The first-order valence-corrected chi connectivity index (χ1v) is 9.85. The third-order valence-electron chi connectivity index (χ3n) is 4.43. The molecule has 3 aromatic rings. The van der Waals surface area contributed by atoms with Crippen molar-refractivity contribution in [2.45, 2.75) is 39.1 Å². The molecule has 0 bridgehead atoms. The Morgan fingerprint density at radius 1 is 1.04 bits per heavy atom. The average molecular weight is 365 g/mol. The van der Waals surface area contributed by atoms with Gasteiger partial charge < -0.3 is 5.32 Å². The van der Waals surface area contributed by atoms with E-state index in [0.29, 0.717) is 5.75 Å². The second-order valence-corrected chi connectivity index (χ2v) is 7.64. The molecule has 3 nitrogen and oxygen atoms in total. The molecule has 0 aliphatic carbocycles. The topological polar surface area (TPSA) is 42.0 Å². The Morgan fingerprint density at radius 2 is 1.77 bits per heavy atom. The predicted molar refractivity (Wildman–Crippen MR) is 111 cm³/mol. The highest BCUT2D eigenvalue weighted by Gasteiger charge is 2.09. The van der Waals surface area contributed by atoms with Gasteiger partial charge in [-0.05, 0) is 68.1 Å². The standard InChI is InChI=1S/C22H24N2OS/c1-5-17-6-8-18(9-7-17)23-20(25)13-26-21-12-15(3)19-11-14(2)10-16(4)22(19)24-21/h6-12H,5,13H2,1-4H3,(H,23,25). The SMILES string of the molecule is CCc1ccc(NC(=O)CSc2cc(C)c3cc(C)cc(C)c3n2)cc1. The van der Waals surface area contributed by atoms with E-state index in [4.69, 9.17) is 4.98 Å². The number of anilines is 1. The predicted octanol–water partition coefficient (Wildman–Crippen LogP) is 5.45. The molecule has 1 amide bonds. The van der Waals surface area contributed by atoms with Gasteiger partial charge in [-0.25, -0.2) is 4.98 Å². The van der Waals surface area contributed by atoms with Gasteiger partial charge in [-0.15, -0.1) is 0 Å². The van der Waals surface area contributed by atoms with Crippen LogP contribution < -0.4 is 5.32 Å². The van der Waals surface area contributed by atoms with Crippen molar-refractivity contribution in [2.24, 2.45) is 0 Å². The molecule has 0 fully saturated rings. The molecule has 2 aromatic carbocycles. The zero-order valence-electron chi connectivity index (χ0n) is 15.7. The summed E-state index contributed by atoms with van der Waals surface area (Å²) >= 11 is 1.47. The van der Waals surface area contributed by atoms with Crippen molar-refractivity contribution in [1.82, 2.24) is 4.98 Å². The molecule has 3 rings (SSSR count). The van der Waals surface area contributed by atoms with Crippen molar-refractivity contribution in [1.29, 1.82) is 0 Å². The second kappa shape index (κ2) is 7.92. The summed E-state index contributed by atoms with van der Waals surface area (Å²) in [6.45, 7) is 8.41. The van der Waals surface area contributed by atoms with E-state index in [1.807, 2.05) is 24.3 Å². The smallest absolute Gasteiger partial charge is 0.234 e. The number of carbonyl (C=O) groups excluding carboxylic acids is 1. The molecule has 0 saturated carbocycles. The summed E-state index contributed by atoms with van der Waals surface area (Å²) in [5.41, 5.74) is 6.73. The van der Waals surface area contributed by atoms with Crippen LogP contribution in [0.3, 0.4) is 0 Å². The largest absolute Gasteiger partial charge is 0.325 e. The number of nitrogens with zero attached hydrogens (tertiary/aromatic N) is 1. The Labute approximate surface area is 159 Å². The maximum atomic E-state index is 12.2. The third-order valence-corrected chi connectivity index (χ3v) is 5.34. The van der Waals surface area contributed by atoms with Crippen LogP contribution in [0.4, 0.5) is 5.69 Å². The Morgan fingerprint density at radius 3 is 2.46 bits per heavy atom. The number of rotatable bonds is 5. The maximum Gasteiger partial charge on any atom is 0.234 e. The molecular weight excluding hydrogens is 340 g/mol. The van der Waals surface area contributed by atoms with Gasteiger partial charge in [-0.2, -0.15) is 0 Å². The number of aryl methyl sites for hydroxylation is 4. The van der Waals surface area contributed by atoms with Crippen LogP contribution in [-0.2, 0) is 11.2 Å². The minimum absolute atomic E-state index is 0.0144. The average Bonchev–Trinajstić information content (AvgIpc) is 2.61. The number of hydrogen-bond acceptors (Lipinski definition) is 3. The van der Waals surface area contributed by atoms with Gasteiger partial charge in [0.05, 0.1) is 16.3 Å². The van der Waals surface area contributed by atoms with Crippen molar-refractivity contribution in [3.63, 3.8) is 0 Å². The lowest BCUT2D eigenvalue weighted by Crippen LogP contribution is -2.14. The molecule has 0 spiro atoms. The van der Waals surface area contributed by atoms with Gasteiger partial charge in [0.2, 0.25) is 5.91 Å². The van der Waals surface area contributed by atoms with Crippen LogP contribution in [0.15, 0.2) is 47.5 Å². The van der Waals surface area contributed by atoms with Crippen LogP contribution in [0.2, 0.25) is 0 Å². The fourth-order valence-corrected chi connectivity index (χ4v) is 3.82. The molecule has 1 aromatic heterocycles. The van der Waals surface area contributed by atoms with E-state index in [9.17, 15) is 4.79 Å². The van der Waals surface area contributed by atoms with Crippen molar-refractivity contribution in [3.05, 3.63) is 64.7 Å². The first kappa shape index (κ1) is 18.5. The second-order valence-electron chi connectivity index (χ2n) is 6.64. The minimum Gasteiger partial charge on any atom is -0.325 e. The lowest BCUT2D eigenvalue weighted by Gasteiger charge is -2.10. The van der Waals surface area contributed by atoms with Gasteiger partial charge in [0.1, 0.15) is 0 Å². The molecule has 0 atom stereocenters. The van der Waals surface area contributed by atoms with E-state index < -0.39 is 0 Å². The fourth-order valence-electron chi connectivity index (χ4n) is 3.05. The van der Waals surface area contributed by atoms with Crippen LogP contribution in [-0.4, -0.2) is 16.6 Å². The summed E-state index contributed by atoms with van der Waals surface area (Å²) in [4.78, 5) is 17.0. The Balaban J connectivity index is 1.69. The zero-order valence-corrected chi connectivity index (χ0v) is 16.5. The Kier molecular flexibility index (Phi) is 5.62. The summed E-state index contributed by atoms with van der Waals surface area (Å²) in [6, 6.07) is 14.4. The molecule has 1 heterocycles. The first-order chi connectivity index (χ1) is 12.5. The number of carbonyl (C=O) groups is 1. The third kappa shape index (κ3) is 4.25. The molecular formula is C22H24N2OS. The van der Waals surface area contributed by atoms with Crippen molar-refractivity contribution < 1.29 is 4.79 Å². The molecule has 0 aliphatic heterocycles. The number of pyridine rings is 1. The van der Waals surface area contributed by atoms with Crippen LogP contribution in [0.1, 0.15) is 29.2 Å². The van der Waals surface area contributed by atoms with Gasteiger partial charge in [0, 0.05) is 11.1 Å². The summed E-state index contributed by atoms with van der Waals surface area (Å²) in [5, 5.41) is 5.02. The molecule has 0 unspecified atom stereocenters. The van der Waals surface area contributed by atoms with Gasteiger partial charge in [-0.3, -0.25) is 4.79 Å². The van der Waals surface area contributed by atoms with E-state index in [1.54, 1.807) is 0 Å². The normalized spacial score (nSPS) is 10.9. The minimum atomic E-state index is -0.0144. The molecule has 0 saturated heterocycles. The van der Waals surface area contributed by atoms with Gasteiger partial charge in [-0.1, -0.05) is 42.4 Å². The van der Waals surface area contributed by atoms with Crippen LogP contribution >= 0.6 is 11.8 Å². The van der Waals surface area contributed by atoms with E-state index in [1.165, 1.54) is 39.4 Å². The molecule has 134 valence electrons. The number of aromatic nitrogens is 1. The molecule has 0 aliphatic rings. The lowest BCUT2D eigenvalue weighted by atomic mass is 10.0. The monoisotopic (exact) mass is 364 g/mol. The van der Waals surface area contributed by atoms with Crippen molar-refractivity contribution in [3.8, 4) is 0 Å². The van der Waals surface area contributed by atoms with Gasteiger partial charge in [0.15, 0.2) is 0 Å². The van der Waals surface area contributed by atoms with Crippen LogP contribution in [0.5, 0.6) is 0 Å². The molecule has 1 N–H and O–H groups in total. The first-order valence-electron chi connectivity index (χ1n) is 8.86. The number of hydrogen-bond donors (Lipinski definition) is 1.